The van der Waals surface area contributed by atoms with Gasteiger partial charge in [0.05, 0.1) is 6.54 Å². The Bertz CT molecular complexity index is 584. The molecule has 1 unspecified atom stereocenters. The largest absolute Gasteiger partial charge is 0.488 e. The number of nitrogens with zero attached hydrogens (tertiary/aromatic N) is 3. The number of hydrogen-bond acceptors (Lipinski definition) is 4. The van der Waals surface area contributed by atoms with E-state index in [1.165, 1.54) is 12.1 Å². The topological polar surface area (TPSA) is 52.0 Å². The fourth-order valence-corrected chi connectivity index (χ4v) is 2.21. The summed E-state index contributed by atoms with van der Waals surface area (Å²) in [6, 6.07) is 4.65. The molecule has 0 fully saturated rings. The van der Waals surface area contributed by atoms with Crippen LogP contribution in [0.25, 0.3) is 0 Å². The first kappa shape index (κ1) is 12.1. The predicted octanol–water partition coefficient (Wildman–Crippen LogP) is 1.05. The molecule has 100 valence electrons. The molecule has 1 atom stereocenters. The van der Waals surface area contributed by atoms with Gasteiger partial charge in [-0.25, -0.2) is 4.39 Å². The van der Waals surface area contributed by atoms with E-state index in [-0.39, 0.29) is 11.9 Å². The van der Waals surface area contributed by atoms with Crippen molar-refractivity contribution < 1.29 is 9.13 Å². The molecule has 0 saturated heterocycles. The van der Waals surface area contributed by atoms with Gasteiger partial charge in [-0.15, -0.1) is 10.2 Å². The van der Waals surface area contributed by atoms with Crippen molar-refractivity contribution >= 4 is 0 Å². The van der Waals surface area contributed by atoms with Gasteiger partial charge in [0.15, 0.2) is 0 Å². The highest BCUT2D eigenvalue weighted by molar-refractivity contribution is 5.37. The number of rotatable bonds is 4. The number of hydrogen-bond donors (Lipinski definition) is 1. The molecule has 0 aliphatic carbocycles. The van der Waals surface area contributed by atoms with Gasteiger partial charge < -0.3 is 14.6 Å². The molecule has 2 aromatic rings. The second-order valence-electron chi connectivity index (χ2n) is 4.69. The fraction of sp³-hybridized carbons (Fsp3) is 0.385. The van der Waals surface area contributed by atoms with Gasteiger partial charge in [-0.05, 0) is 18.2 Å². The van der Waals surface area contributed by atoms with Crippen LogP contribution in [-0.4, -0.2) is 27.4 Å². The lowest BCUT2D eigenvalue weighted by atomic mass is 10.1. The summed E-state index contributed by atoms with van der Waals surface area (Å²) in [5, 5.41) is 11.1. The molecule has 1 N–H and O–H groups in total. The summed E-state index contributed by atoms with van der Waals surface area (Å²) in [6.07, 6.45) is 2.45. The summed E-state index contributed by atoms with van der Waals surface area (Å²) < 4.78 is 20.7. The van der Waals surface area contributed by atoms with Gasteiger partial charge in [0, 0.05) is 25.6 Å². The number of benzene rings is 1. The first-order valence-corrected chi connectivity index (χ1v) is 6.21. The highest BCUT2D eigenvalue weighted by atomic mass is 19.1. The number of nitrogens with one attached hydrogen (secondary N) is 1. The van der Waals surface area contributed by atoms with Crippen LogP contribution in [-0.2, 0) is 20.0 Å². The average Bonchev–Trinajstić information content (AvgIpc) is 2.95. The van der Waals surface area contributed by atoms with Gasteiger partial charge in [-0.1, -0.05) is 0 Å². The third-order valence-corrected chi connectivity index (χ3v) is 3.22. The van der Waals surface area contributed by atoms with E-state index in [9.17, 15) is 4.39 Å². The monoisotopic (exact) mass is 262 g/mol. The molecule has 0 saturated carbocycles. The minimum atomic E-state index is -0.213. The molecule has 1 aliphatic rings. The van der Waals surface area contributed by atoms with Crippen LogP contribution in [0.3, 0.4) is 0 Å². The second kappa shape index (κ2) is 4.97. The van der Waals surface area contributed by atoms with E-state index >= 15 is 0 Å². The Morgan fingerprint density at radius 1 is 1.53 bits per heavy atom. The van der Waals surface area contributed by atoms with Gasteiger partial charge in [-0.2, -0.15) is 0 Å². The van der Waals surface area contributed by atoms with E-state index in [0.29, 0.717) is 13.1 Å². The average molecular weight is 262 g/mol. The zero-order chi connectivity index (χ0) is 13.2. The molecule has 0 radical (unpaired) electrons. The number of fused-ring (bicyclic) bond motifs is 1. The molecule has 1 aromatic carbocycles. The van der Waals surface area contributed by atoms with E-state index in [1.54, 1.807) is 12.4 Å². The van der Waals surface area contributed by atoms with Crippen molar-refractivity contribution in [2.45, 2.75) is 19.1 Å². The van der Waals surface area contributed by atoms with E-state index in [2.05, 4.69) is 15.5 Å². The summed E-state index contributed by atoms with van der Waals surface area (Å²) in [7, 11) is 1.90. The van der Waals surface area contributed by atoms with Gasteiger partial charge in [-0.3, -0.25) is 0 Å². The van der Waals surface area contributed by atoms with Crippen molar-refractivity contribution in [3.05, 3.63) is 41.7 Å². The van der Waals surface area contributed by atoms with Crippen molar-refractivity contribution in [2.24, 2.45) is 7.05 Å². The first-order valence-electron chi connectivity index (χ1n) is 6.21. The lowest BCUT2D eigenvalue weighted by Gasteiger charge is -2.11. The van der Waals surface area contributed by atoms with Crippen LogP contribution in [0.4, 0.5) is 4.39 Å². The lowest BCUT2D eigenvalue weighted by molar-refractivity contribution is 0.226. The molecular weight excluding hydrogens is 247 g/mol. The molecule has 1 aromatic heterocycles. The van der Waals surface area contributed by atoms with Crippen LogP contribution in [0.2, 0.25) is 0 Å². The fourth-order valence-electron chi connectivity index (χ4n) is 2.21. The Morgan fingerprint density at radius 2 is 2.42 bits per heavy atom. The Kier molecular flexibility index (Phi) is 3.16. The first-order chi connectivity index (χ1) is 9.22. The van der Waals surface area contributed by atoms with Gasteiger partial charge in [0.25, 0.3) is 0 Å². The Labute approximate surface area is 110 Å². The summed E-state index contributed by atoms with van der Waals surface area (Å²) in [5.74, 6) is 1.45. The van der Waals surface area contributed by atoms with E-state index in [4.69, 9.17) is 4.74 Å². The van der Waals surface area contributed by atoms with Crippen LogP contribution in [0, 0.1) is 5.82 Å². The maximum atomic E-state index is 13.1. The number of ether oxygens (including phenoxy) is 1. The normalized spacial score (nSPS) is 17.3. The molecule has 0 spiro atoms. The molecule has 6 heteroatoms. The molecule has 1 aliphatic heterocycles. The molecular formula is C13H15FN4O. The summed E-state index contributed by atoms with van der Waals surface area (Å²) >= 11 is 0. The smallest absolute Gasteiger partial charge is 0.146 e. The quantitative estimate of drug-likeness (QED) is 0.894. The van der Waals surface area contributed by atoms with Crippen LogP contribution in [0.15, 0.2) is 24.5 Å². The summed E-state index contributed by atoms with van der Waals surface area (Å²) in [4.78, 5) is 0. The number of aromatic nitrogens is 3. The van der Waals surface area contributed by atoms with E-state index in [1.807, 2.05) is 11.6 Å². The van der Waals surface area contributed by atoms with Gasteiger partial charge in [0.2, 0.25) is 0 Å². The summed E-state index contributed by atoms with van der Waals surface area (Å²) in [6.45, 7) is 1.34. The Balaban J connectivity index is 1.52. The van der Waals surface area contributed by atoms with Crippen molar-refractivity contribution in [1.29, 1.82) is 0 Å². The van der Waals surface area contributed by atoms with Crippen LogP contribution < -0.4 is 10.1 Å². The predicted molar refractivity (Wildman–Crippen MR) is 67.2 cm³/mol. The van der Waals surface area contributed by atoms with Crippen molar-refractivity contribution in [3.8, 4) is 5.75 Å². The van der Waals surface area contributed by atoms with Crippen LogP contribution >= 0.6 is 0 Å². The molecule has 5 nitrogen and oxygen atoms in total. The van der Waals surface area contributed by atoms with E-state index < -0.39 is 0 Å². The third kappa shape index (κ3) is 2.58. The SMILES string of the molecule is Cn1cnnc1CNCC1Cc2cc(F)ccc2O1. The highest BCUT2D eigenvalue weighted by Gasteiger charge is 2.22. The van der Waals surface area contributed by atoms with Crippen molar-refractivity contribution in [3.63, 3.8) is 0 Å². The number of halogens is 1. The van der Waals surface area contributed by atoms with Gasteiger partial charge >= 0.3 is 0 Å². The van der Waals surface area contributed by atoms with E-state index in [0.717, 1.165) is 23.6 Å². The van der Waals surface area contributed by atoms with Crippen LogP contribution in [0.1, 0.15) is 11.4 Å². The zero-order valence-electron chi connectivity index (χ0n) is 10.6. The molecule has 0 bridgehead atoms. The van der Waals surface area contributed by atoms with Crippen LogP contribution in [0.5, 0.6) is 5.75 Å². The van der Waals surface area contributed by atoms with Gasteiger partial charge in [0.1, 0.15) is 29.8 Å². The lowest BCUT2D eigenvalue weighted by Crippen LogP contribution is -2.30. The molecule has 19 heavy (non-hydrogen) atoms. The number of aryl methyl sites for hydroxylation is 1. The van der Waals surface area contributed by atoms with Crippen molar-refractivity contribution in [2.75, 3.05) is 6.54 Å². The molecule has 0 amide bonds. The molecule has 2 heterocycles. The summed E-state index contributed by atoms with van der Waals surface area (Å²) in [5.41, 5.74) is 0.936. The van der Waals surface area contributed by atoms with Crippen molar-refractivity contribution in [1.82, 2.24) is 20.1 Å². The standard InChI is InChI=1S/C13H15FN4O/c1-18-8-16-17-13(18)7-15-6-11-5-9-4-10(14)2-3-12(9)19-11/h2-4,8,11,15H,5-7H2,1H3. The Morgan fingerprint density at radius 3 is 3.21 bits per heavy atom. The second-order valence-corrected chi connectivity index (χ2v) is 4.69. The highest BCUT2D eigenvalue weighted by Crippen LogP contribution is 2.28. The molecule has 3 rings (SSSR count). The minimum absolute atomic E-state index is 0.0463. The Hall–Kier alpha value is -1.95. The maximum Gasteiger partial charge on any atom is 0.146 e. The maximum absolute atomic E-state index is 13.1. The third-order valence-electron chi connectivity index (χ3n) is 3.22. The minimum Gasteiger partial charge on any atom is -0.488 e. The zero-order valence-corrected chi connectivity index (χ0v) is 10.6.